The Labute approximate surface area is 148 Å². The lowest BCUT2D eigenvalue weighted by molar-refractivity contribution is 0.321. The van der Waals surface area contributed by atoms with Gasteiger partial charge in [-0.25, -0.2) is 9.98 Å². The number of ether oxygens (including phenoxy) is 1. The highest BCUT2D eigenvalue weighted by molar-refractivity contribution is 7.11. The van der Waals surface area contributed by atoms with Crippen LogP contribution in [0.15, 0.2) is 29.3 Å². The summed E-state index contributed by atoms with van der Waals surface area (Å²) in [6.45, 7) is 10.9. The number of hydrogen-bond acceptors (Lipinski definition) is 4. The summed E-state index contributed by atoms with van der Waals surface area (Å²) in [5.41, 5.74) is 2.29. The van der Waals surface area contributed by atoms with E-state index in [0.717, 1.165) is 29.0 Å². The first-order valence-corrected chi connectivity index (χ1v) is 9.04. The van der Waals surface area contributed by atoms with Gasteiger partial charge in [-0.3, -0.25) is 0 Å². The average molecular weight is 347 g/mol. The third-order valence-corrected chi connectivity index (χ3v) is 4.50. The number of guanidine groups is 1. The lowest BCUT2D eigenvalue weighted by atomic mass is 10.2. The maximum absolute atomic E-state index is 5.74. The summed E-state index contributed by atoms with van der Waals surface area (Å²) < 4.78 is 5.74. The summed E-state index contributed by atoms with van der Waals surface area (Å²) in [6.07, 6.45) is 0. The normalized spacial score (nSPS) is 11.4. The number of nitrogens with zero attached hydrogens (tertiary/aromatic N) is 2. The molecule has 2 aromatic rings. The van der Waals surface area contributed by atoms with Gasteiger partial charge in [-0.1, -0.05) is 12.1 Å². The van der Waals surface area contributed by atoms with Gasteiger partial charge in [0.25, 0.3) is 0 Å². The molecule has 0 spiro atoms. The Morgan fingerprint density at radius 3 is 2.75 bits per heavy atom. The van der Waals surface area contributed by atoms with E-state index < -0.39 is 0 Å². The summed E-state index contributed by atoms with van der Waals surface area (Å²) >= 11 is 1.70. The maximum atomic E-state index is 5.74. The zero-order valence-corrected chi connectivity index (χ0v) is 15.7. The smallest absolute Gasteiger partial charge is 0.191 e. The molecule has 1 aromatic heterocycles. The fourth-order valence-corrected chi connectivity index (χ4v) is 3.00. The number of aliphatic imine (C=N–C) groups is 1. The van der Waals surface area contributed by atoms with Crippen molar-refractivity contribution < 1.29 is 4.74 Å². The molecule has 2 rings (SSSR count). The van der Waals surface area contributed by atoms with Gasteiger partial charge in [-0.05, 0) is 45.4 Å². The third-order valence-electron chi connectivity index (χ3n) is 3.44. The molecule has 130 valence electrons. The van der Waals surface area contributed by atoms with Crippen LogP contribution in [0.4, 0.5) is 0 Å². The monoisotopic (exact) mass is 346 g/mol. The van der Waals surface area contributed by atoms with Crippen LogP contribution in [0.2, 0.25) is 0 Å². The van der Waals surface area contributed by atoms with Gasteiger partial charge in [0, 0.05) is 11.4 Å². The molecule has 0 atom stereocenters. The van der Waals surface area contributed by atoms with Crippen molar-refractivity contribution in [3.8, 4) is 5.75 Å². The lowest BCUT2D eigenvalue weighted by Crippen LogP contribution is -2.39. The van der Waals surface area contributed by atoms with E-state index in [2.05, 4.69) is 47.4 Å². The summed E-state index contributed by atoms with van der Waals surface area (Å²) in [4.78, 5) is 10.4. The summed E-state index contributed by atoms with van der Waals surface area (Å²) in [7, 11) is 0. The highest BCUT2D eigenvalue weighted by Crippen LogP contribution is 2.17. The second-order valence-corrected chi connectivity index (χ2v) is 6.82. The van der Waals surface area contributed by atoms with Gasteiger partial charge in [-0.15, -0.1) is 11.3 Å². The molecule has 0 radical (unpaired) electrons. The molecule has 0 aliphatic heterocycles. The van der Waals surface area contributed by atoms with Crippen molar-refractivity contribution in [3.63, 3.8) is 0 Å². The van der Waals surface area contributed by atoms with E-state index >= 15 is 0 Å². The average Bonchev–Trinajstić information content (AvgIpc) is 2.87. The Morgan fingerprint density at radius 1 is 1.25 bits per heavy atom. The number of benzene rings is 1. The Kier molecular flexibility index (Phi) is 7.06. The molecular weight excluding hydrogens is 320 g/mol. The third kappa shape index (κ3) is 5.85. The van der Waals surface area contributed by atoms with Gasteiger partial charge in [0.1, 0.15) is 17.4 Å². The Hall–Kier alpha value is -2.08. The molecule has 0 saturated heterocycles. The molecule has 0 unspecified atom stereocenters. The lowest BCUT2D eigenvalue weighted by Gasteiger charge is -2.12. The SMILES string of the molecule is CCNC(=NCc1nc(C)c(C)s1)NCCOc1cccc(C)c1. The van der Waals surface area contributed by atoms with Crippen LogP contribution in [0.5, 0.6) is 5.75 Å². The van der Waals surface area contributed by atoms with Crippen molar-refractivity contribution in [2.24, 2.45) is 4.99 Å². The second-order valence-electron chi connectivity index (χ2n) is 5.54. The van der Waals surface area contributed by atoms with Crippen molar-refractivity contribution in [3.05, 3.63) is 45.4 Å². The topological polar surface area (TPSA) is 58.5 Å². The Balaban J connectivity index is 1.80. The number of aromatic nitrogens is 1. The largest absolute Gasteiger partial charge is 0.492 e. The number of thiazole rings is 1. The van der Waals surface area contributed by atoms with Crippen LogP contribution in [0.1, 0.15) is 28.1 Å². The second kappa shape index (κ2) is 9.27. The predicted molar refractivity (Wildman–Crippen MR) is 101 cm³/mol. The van der Waals surface area contributed by atoms with Crippen LogP contribution in [-0.4, -0.2) is 30.6 Å². The van der Waals surface area contributed by atoms with Crippen molar-refractivity contribution in [1.82, 2.24) is 15.6 Å². The molecular formula is C18H26N4OS. The Morgan fingerprint density at radius 2 is 2.08 bits per heavy atom. The first kappa shape index (κ1) is 18.3. The molecule has 2 N–H and O–H groups in total. The highest BCUT2D eigenvalue weighted by atomic mass is 32.1. The van der Waals surface area contributed by atoms with Crippen molar-refractivity contribution in [1.29, 1.82) is 0 Å². The number of nitrogens with one attached hydrogen (secondary N) is 2. The number of rotatable bonds is 7. The van der Waals surface area contributed by atoms with Gasteiger partial charge in [0.15, 0.2) is 5.96 Å². The van der Waals surface area contributed by atoms with Crippen LogP contribution in [-0.2, 0) is 6.54 Å². The van der Waals surface area contributed by atoms with E-state index in [1.54, 1.807) is 11.3 Å². The minimum absolute atomic E-state index is 0.587. The minimum atomic E-state index is 0.587. The zero-order chi connectivity index (χ0) is 17.4. The van der Waals surface area contributed by atoms with E-state index in [-0.39, 0.29) is 0 Å². The van der Waals surface area contributed by atoms with Crippen LogP contribution in [0.25, 0.3) is 0 Å². The summed E-state index contributed by atoms with van der Waals surface area (Å²) in [5.74, 6) is 1.68. The molecule has 0 saturated carbocycles. The van der Waals surface area contributed by atoms with E-state index in [4.69, 9.17) is 4.74 Å². The fraction of sp³-hybridized carbons (Fsp3) is 0.444. The molecule has 1 heterocycles. The molecule has 24 heavy (non-hydrogen) atoms. The first-order valence-electron chi connectivity index (χ1n) is 8.23. The van der Waals surface area contributed by atoms with E-state index in [1.165, 1.54) is 10.4 Å². The first-order chi connectivity index (χ1) is 11.6. The van der Waals surface area contributed by atoms with E-state index in [9.17, 15) is 0 Å². The quantitative estimate of drug-likeness (QED) is 0.459. The molecule has 5 nitrogen and oxygen atoms in total. The summed E-state index contributed by atoms with van der Waals surface area (Å²) in [5, 5.41) is 7.57. The highest BCUT2D eigenvalue weighted by Gasteiger charge is 2.04. The van der Waals surface area contributed by atoms with Crippen LogP contribution in [0.3, 0.4) is 0 Å². The predicted octanol–water partition coefficient (Wildman–Crippen LogP) is 3.20. The minimum Gasteiger partial charge on any atom is -0.492 e. The van der Waals surface area contributed by atoms with Gasteiger partial charge >= 0.3 is 0 Å². The fourth-order valence-electron chi connectivity index (χ4n) is 2.14. The van der Waals surface area contributed by atoms with Crippen molar-refractivity contribution >= 4 is 17.3 Å². The molecule has 0 fully saturated rings. The van der Waals surface area contributed by atoms with Crippen molar-refractivity contribution in [2.45, 2.75) is 34.2 Å². The van der Waals surface area contributed by atoms with E-state index in [0.29, 0.717) is 19.7 Å². The van der Waals surface area contributed by atoms with Crippen LogP contribution in [0, 0.1) is 20.8 Å². The molecule has 0 amide bonds. The molecule has 0 bridgehead atoms. The van der Waals surface area contributed by atoms with Gasteiger partial charge < -0.3 is 15.4 Å². The van der Waals surface area contributed by atoms with E-state index in [1.807, 2.05) is 25.1 Å². The van der Waals surface area contributed by atoms with Crippen LogP contribution >= 0.6 is 11.3 Å². The standard InChI is InChI=1S/C18H26N4OS/c1-5-19-18(21-12-17-22-14(3)15(4)24-17)20-9-10-23-16-8-6-7-13(2)11-16/h6-8,11H,5,9-10,12H2,1-4H3,(H2,19,20,21). The van der Waals surface area contributed by atoms with Gasteiger partial charge in [0.2, 0.25) is 0 Å². The zero-order valence-electron chi connectivity index (χ0n) is 14.8. The maximum Gasteiger partial charge on any atom is 0.191 e. The van der Waals surface area contributed by atoms with Gasteiger partial charge in [-0.2, -0.15) is 0 Å². The molecule has 6 heteroatoms. The number of aryl methyl sites for hydroxylation is 3. The molecule has 1 aromatic carbocycles. The van der Waals surface area contributed by atoms with Crippen molar-refractivity contribution in [2.75, 3.05) is 19.7 Å². The van der Waals surface area contributed by atoms with Crippen LogP contribution < -0.4 is 15.4 Å². The molecule has 0 aliphatic carbocycles. The summed E-state index contributed by atoms with van der Waals surface area (Å²) in [6, 6.07) is 8.07. The number of hydrogen-bond donors (Lipinski definition) is 2. The molecule has 0 aliphatic rings. The Bertz CT molecular complexity index is 662. The van der Waals surface area contributed by atoms with Gasteiger partial charge in [0.05, 0.1) is 18.8 Å².